The summed E-state index contributed by atoms with van der Waals surface area (Å²) in [7, 11) is 1.64. The second-order valence-corrected chi connectivity index (χ2v) is 5.00. The molecule has 116 valence electrons. The molecule has 0 fully saturated rings. The van der Waals surface area contributed by atoms with Crippen LogP contribution in [0.25, 0.3) is 0 Å². The number of nitrogens with one attached hydrogen (secondary N) is 2. The van der Waals surface area contributed by atoms with Crippen LogP contribution in [-0.4, -0.2) is 26.1 Å². The lowest BCUT2D eigenvalue weighted by Crippen LogP contribution is -2.20. The van der Waals surface area contributed by atoms with Gasteiger partial charge >= 0.3 is 0 Å². The summed E-state index contributed by atoms with van der Waals surface area (Å²) in [6, 6.07) is 17.9. The maximum absolute atomic E-state index is 11.3. The Bertz CT molecular complexity index is 567. The first-order valence-corrected chi connectivity index (χ1v) is 7.45. The molecule has 0 saturated heterocycles. The second-order valence-electron chi connectivity index (χ2n) is 5.00. The molecular formula is C18H22N2O2. The number of hydrogen-bond acceptors (Lipinski definition) is 3. The molecule has 0 aliphatic carbocycles. The van der Waals surface area contributed by atoms with Gasteiger partial charge in [-0.05, 0) is 23.3 Å². The zero-order valence-corrected chi connectivity index (χ0v) is 12.8. The molecule has 0 aliphatic rings. The topological polar surface area (TPSA) is 50.4 Å². The Morgan fingerprint density at radius 3 is 2.41 bits per heavy atom. The zero-order valence-electron chi connectivity index (χ0n) is 12.8. The second kappa shape index (κ2) is 8.85. The first kappa shape index (κ1) is 16.0. The maximum atomic E-state index is 11.3. The smallest absolute Gasteiger partial charge is 0.224 e. The lowest BCUT2D eigenvalue weighted by molar-refractivity contribution is -0.119. The van der Waals surface area contributed by atoms with E-state index in [2.05, 4.69) is 22.8 Å². The Hall–Kier alpha value is -2.33. The molecule has 4 heteroatoms. The average molecular weight is 298 g/mol. The monoisotopic (exact) mass is 298 g/mol. The van der Waals surface area contributed by atoms with Crippen molar-refractivity contribution in [3.63, 3.8) is 0 Å². The highest BCUT2D eigenvalue weighted by atomic mass is 16.5. The molecular weight excluding hydrogens is 276 g/mol. The molecule has 0 heterocycles. The molecule has 0 saturated carbocycles. The van der Waals surface area contributed by atoms with Gasteiger partial charge in [0.15, 0.2) is 0 Å². The summed E-state index contributed by atoms with van der Waals surface area (Å²) >= 11 is 0. The number of ether oxygens (including phenoxy) is 1. The Balaban J connectivity index is 1.65. The molecule has 0 atom stereocenters. The van der Waals surface area contributed by atoms with Gasteiger partial charge in [0.05, 0.1) is 6.42 Å². The van der Waals surface area contributed by atoms with Gasteiger partial charge < -0.3 is 15.4 Å². The van der Waals surface area contributed by atoms with Crippen molar-refractivity contribution in [3.05, 3.63) is 65.7 Å². The van der Waals surface area contributed by atoms with Gasteiger partial charge in [-0.3, -0.25) is 4.79 Å². The van der Waals surface area contributed by atoms with Crippen molar-refractivity contribution in [1.82, 2.24) is 10.6 Å². The number of rotatable bonds is 8. The van der Waals surface area contributed by atoms with E-state index in [-0.39, 0.29) is 5.91 Å². The van der Waals surface area contributed by atoms with Crippen LogP contribution in [0.15, 0.2) is 54.6 Å². The molecule has 4 nitrogen and oxygen atoms in total. The van der Waals surface area contributed by atoms with Crippen molar-refractivity contribution in [1.29, 1.82) is 0 Å². The average Bonchev–Trinajstić information content (AvgIpc) is 2.57. The van der Waals surface area contributed by atoms with Gasteiger partial charge in [0.1, 0.15) is 12.4 Å². The van der Waals surface area contributed by atoms with Gasteiger partial charge in [-0.1, -0.05) is 42.5 Å². The zero-order chi connectivity index (χ0) is 15.6. The summed E-state index contributed by atoms with van der Waals surface area (Å²) in [5, 5.41) is 5.95. The number of likely N-dealkylation sites (N-methyl/N-ethyl adjacent to an activating group) is 1. The molecule has 0 bridgehead atoms. The fraction of sp³-hybridized carbons (Fsp3) is 0.278. The summed E-state index contributed by atoms with van der Waals surface area (Å²) in [6.07, 6.45) is 0.398. The predicted octanol–water partition coefficient (Wildman–Crippen LogP) is 2.14. The lowest BCUT2D eigenvalue weighted by Gasteiger charge is -2.08. The van der Waals surface area contributed by atoms with E-state index < -0.39 is 0 Å². The summed E-state index contributed by atoms with van der Waals surface area (Å²) in [6.45, 7) is 2.24. The quantitative estimate of drug-likeness (QED) is 0.734. The van der Waals surface area contributed by atoms with E-state index in [0.717, 1.165) is 24.4 Å². The number of carbonyl (C=O) groups is 1. The number of benzene rings is 2. The minimum atomic E-state index is 0.0128. The molecule has 0 spiro atoms. The van der Waals surface area contributed by atoms with E-state index in [0.29, 0.717) is 13.0 Å². The van der Waals surface area contributed by atoms with Gasteiger partial charge in [-0.25, -0.2) is 0 Å². The van der Waals surface area contributed by atoms with Crippen LogP contribution in [0, 0.1) is 0 Å². The van der Waals surface area contributed by atoms with Crippen molar-refractivity contribution >= 4 is 5.91 Å². The summed E-state index contributed by atoms with van der Waals surface area (Å²) < 4.78 is 5.67. The van der Waals surface area contributed by atoms with E-state index in [1.165, 1.54) is 5.56 Å². The summed E-state index contributed by atoms with van der Waals surface area (Å²) in [5.74, 6) is 0.834. The molecule has 0 radical (unpaired) electrons. The molecule has 2 aromatic rings. The third-order valence-corrected chi connectivity index (χ3v) is 3.29. The van der Waals surface area contributed by atoms with Crippen LogP contribution in [0.5, 0.6) is 5.75 Å². The molecule has 0 aliphatic heterocycles. The number of hydrogen-bond donors (Lipinski definition) is 2. The van der Waals surface area contributed by atoms with Crippen molar-refractivity contribution in [2.24, 2.45) is 0 Å². The van der Waals surface area contributed by atoms with Crippen LogP contribution in [0.1, 0.15) is 11.1 Å². The molecule has 0 aromatic heterocycles. The highest BCUT2D eigenvalue weighted by molar-refractivity contribution is 5.78. The molecule has 2 rings (SSSR count). The third kappa shape index (κ3) is 5.58. The number of carbonyl (C=O) groups excluding carboxylic acids is 1. The van der Waals surface area contributed by atoms with Crippen LogP contribution in [0.3, 0.4) is 0 Å². The van der Waals surface area contributed by atoms with Crippen LogP contribution in [0.2, 0.25) is 0 Å². The number of amides is 1. The van der Waals surface area contributed by atoms with Crippen LogP contribution in [-0.2, 0) is 17.8 Å². The summed E-state index contributed by atoms with van der Waals surface area (Å²) in [5.41, 5.74) is 2.25. The van der Waals surface area contributed by atoms with Crippen molar-refractivity contribution in [3.8, 4) is 5.75 Å². The van der Waals surface area contributed by atoms with Gasteiger partial charge in [0.2, 0.25) is 5.91 Å². The minimum absolute atomic E-state index is 0.0128. The Morgan fingerprint density at radius 1 is 1.00 bits per heavy atom. The van der Waals surface area contributed by atoms with Crippen LogP contribution < -0.4 is 15.4 Å². The van der Waals surface area contributed by atoms with E-state index in [1.807, 2.05) is 42.5 Å². The van der Waals surface area contributed by atoms with Crippen LogP contribution >= 0.6 is 0 Å². The highest BCUT2D eigenvalue weighted by Crippen LogP contribution is 2.12. The van der Waals surface area contributed by atoms with Gasteiger partial charge in [-0.15, -0.1) is 0 Å². The lowest BCUT2D eigenvalue weighted by atomic mass is 10.1. The molecule has 22 heavy (non-hydrogen) atoms. The van der Waals surface area contributed by atoms with E-state index in [4.69, 9.17) is 4.74 Å². The van der Waals surface area contributed by atoms with E-state index in [1.54, 1.807) is 7.05 Å². The minimum Gasteiger partial charge on any atom is -0.492 e. The Morgan fingerprint density at radius 2 is 1.73 bits per heavy atom. The first-order chi connectivity index (χ1) is 10.8. The van der Waals surface area contributed by atoms with Crippen molar-refractivity contribution in [2.75, 3.05) is 20.2 Å². The van der Waals surface area contributed by atoms with Crippen molar-refractivity contribution < 1.29 is 9.53 Å². The first-order valence-electron chi connectivity index (χ1n) is 7.45. The van der Waals surface area contributed by atoms with Gasteiger partial charge in [0, 0.05) is 20.1 Å². The Labute approximate surface area is 131 Å². The molecule has 2 N–H and O–H groups in total. The molecule has 0 unspecified atom stereocenters. The summed E-state index contributed by atoms with van der Waals surface area (Å²) in [4.78, 5) is 11.3. The Kier molecular flexibility index (Phi) is 6.45. The third-order valence-electron chi connectivity index (χ3n) is 3.29. The fourth-order valence-electron chi connectivity index (χ4n) is 2.05. The van der Waals surface area contributed by atoms with Gasteiger partial charge in [0.25, 0.3) is 0 Å². The van der Waals surface area contributed by atoms with Crippen molar-refractivity contribution in [2.45, 2.75) is 13.0 Å². The van der Waals surface area contributed by atoms with Crippen LogP contribution in [0.4, 0.5) is 0 Å². The standard InChI is InChI=1S/C18H22N2O2/c1-19-18(21)13-15-7-9-17(10-8-15)22-12-11-20-14-16-5-3-2-4-6-16/h2-10,20H,11-14H2,1H3,(H,19,21). The highest BCUT2D eigenvalue weighted by Gasteiger charge is 2.01. The largest absolute Gasteiger partial charge is 0.492 e. The fourth-order valence-corrected chi connectivity index (χ4v) is 2.05. The van der Waals surface area contributed by atoms with Gasteiger partial charge in [-0.2, -0.15) is 0 Å². The molecule has 2 aromatic carbocycles. The SMILES string of the molecule is CNC(=O)Cc1ccc(OCCNCc2ccccc2)cc1. The van der Waals surface area contributed by atoms with E-state index in [9.17, 15) is 4.79 Å². The normalized spacial score (nSPS) is 10.2. The maximum Gasteiger partial charge on any atom is 0.224 e. The van der Waals surface area contributed by atoms with E-state index >= 15 is 0 Å². The molecule has 1 amide bonds. The predicted molar refractivity (Wildman–Crippen MR) is 87.9 cm³/mol.